The molecule has 114 valence electrons. The van der Waals surface area contributed by atoms with Gasteiger partial charge in [-0.15, -0.1) is 0 Å². The van der Waals surface area contributed by atoms with E-state index in [0.717, 1.165) is 12.8 Å². The lowest BCUT2D eigenvalue weighted by Crippen LogP contribution is -2.48. The monoisotopic (exact) mass is 283 g/mol. The summed E-state index contributed by atoms with van der Waals surface area (Å²) >= 11 is 0. The van der Waals surface area contributed by atoms with Gasteiger partial charge in [-0.2, -0.15) is 5.26 Å². The summed E-state index contributed by atoms with van der Waals surface area (Å²) in [6.45, 7) is 8.96. The van der Waals surface area contributed by atoms with Crippen LogP contribution in [-0.2, 0) is 5.41 Å². The Morgan fingerprint density at radius 1 is 1.05 bits per heavy atom. The fourth-order valence-corrected chi connectivity index (χ4v) is 4.30. The zero-order valence-corrected chi connectivity index (χ0v) is 14.1. The first-order chi connectivity index (χ1) is 10.0. The van der Waals surface area contributed by atoms with E-state index in [1.54, 1.807) is 0 Å². The third-order valence-electron chi connectivity index (χ3n) is 5.26. The van der Waals surface area contributed by atoms with Crippen molar-refractivity contribution in [1.82, 2.24) is 0 Å². The highest BCUT2D eigenvalue weighted by Gasteiger charge is 2.54. The van der Waals surface area contributed by atoms with E-state index in [2.05, 4.69) is 58.0 Å². The number of hydrogen-bond donors (Lipinski definition) is 0. The van der Waals surface area contributed by atoms with E-state index >= 15 is 0 Å². The van der Waals surface area contributed by atoms with Crippen molar-refractivity contribution < 1.29 is 0 Å². The van der Waals surface area contributed by atoms with Crippen LogP contribution in [0.4, 0.5) is 0 Å². The molecule has 1 aliphatic carbocycles. The molecule has 0 unspecified atom stereocenters. The van der Waals surface area contributed by atoms with Crippen LogP contribution in [0, 0.1) is 16.7 Å². The highest BCUT2D eigenvalue weighted by molar-refractivity contribution is 5.39. The van der Waals surface area contributed by atoms with Crippen molar-refractivity contribution in [3.8, 4) is 6.07 Å². The van der Waals surface area contributed by atoms with E-state index in [1.807, 2.05) is 0 Å². The average Bonchev–Trinajstić information content (AvgIpc) is 2.44. The Hall–Kier alpha value is -1.29. The third-order valence-corrected chi connectivity index (χ3v) is 5.26. The first-order valence-electron chi connectivity index (χ1n) is 8.52. The number of nitrogens with zero attached hydrogens (tertiary/aromatic N) is 1. The molecule has 1 heteroatoms. The number of benzene rings is 1. The Bertz CT molecular complexity index is 490. The van der Waals surface area contributed by atoms with E-state index in [1.165, 1.54) is 36.8 Å². The van der Waals surface area contributed by atoms with Gasteiger partial charge in [0, 0.05) is 0 Å². The fraction of sp³-hybridized carbons (Fsp3) is 0.650. The van der Waals surface area contributed by atoms with Gasteiger partial charge in [-0.05, 0) is 48.1 Å². The van der Waals surface area contributed by atoms with Gasteiger partial charge in [-0.3, -0.25) is 0 Å². The van der Waals surface area contributed by atoms with Gasteiger partial charge in [0.25, 0.3) is 0 Å². The number of nitriles is 1. The van der Waals surface area contributed by atoms with E-state index in [4.69, 9.17) is 0 Å². The van der Waals surface area contributed by atoms with Crippen molar-refractivity contribution in [3.05, 3.63) is 35.4 Å². The van der Waals surface area contributed by atoms with Crippen LogP contribution in [0.15, 0.2) is 24.3 Å². The van der Waals surface area contributed by atoms with E-state index in [0.29, 0.717) is 11.3 Å². The minimum absolute atomic E-state index is 0.222. The molecule has 1 aromatic rings. The molecule has 2 rings (SSSR count). The molecule has 0 spiro atoms. The molecular weight excluding hydrogens is 254 g/mol. The standard InChI is InChI=1S/C20H29N/c1-5-11-19(12-6-2)13-20(14-19,15-21)18-9-7-17(8-10-18)16(3)4/h7-10,16H,5-6,11-14H2,1-4H3. The summed E-state index contributed by atoms with van der Waals surface area (Å²) in [5.41, 5.74) is 2.80. The van der Waals surface area contributed by atoms with Gasteiger partial charge in [-0.25, -0.2) is 0 Å². The van der Waals surface area contributed by atoms with Crippen LogP contribution in [0.1, 0.15) is 83.3 Å². The highest BCUT2D eigenvalue weighted by atomic mass is 14.6. The Balaban J connectivity index is 2.20. The Kier molecular flexibility index (Phi) is 4.77. The maximum absolute atomic E-state index is 9.79. The molecule has 0 atom stereocenters. The SMILES string of the molecule is CCCC1(CCC)CC(C#N)(c2ccc(C(C)C)cc2)C1. The molecule has 0 radical (unpaired) electrons. The number of hydrogen-bond acceptors (Lipinski definition) is 1. The second-order valence-corrected chi connectivity index (χ2v) is 7.32. The van der Waals surface area contributed by atoms with Crippen LogP contribution in [0.2, 0.25) is 0 Å². The minimum atomic E-state index is -0.222. The highest BCUT2D eigenvalue weighted by Crippen LogP contribution is 2.60. The topological polar surface area (TPSA) is 23.8 Å². The zero-order chi connectivity index (χ0) is 15.5. The van der Waals surface area contributed by atoms with E-state index in [9.17, 15) is 5.26 Å². The summed E-state index contributed by atoms with van der Waals surface area (Å²) in [5, 5.41) is 9.79. The molecule has 0 aliphatic heterocycles. The Morgan fingerprint density at radius 2 is 1.57 bits per heavy atom. The molecule has 0 bridgehead atoms. The second kappa shape index (κ2) is 6.22. The van der Waals surface area contributed by atoms with Crippen molar-refractivity contribution in [2.75, 3.05) is 0 Å². The molecule has 1 aromatic carbocycles. The number of rotatable bonds is 6. The lowest BCUT2D eigenvalue weighted by molar-refractivity contribution is 0.0357. The van der Waals surface area contributed by atoms with Gasteiger partial charge in [0.2, 0.25) is 0 Å². The largest absolute Gasteiger partial charge is 0.197 e. The van der Waals surface area contributed by atoms with Crippen molar-refractivity contribution >= 4 is 0 Å². The summed E-state index contributed by atoms with van der Waals surface area (Å²) < 4.78 is 0. The molecule has 21 heavy (non-hydrogen) atoms. The van der Waals surface area contributed by atoms with Crippen LogP contribution >= 0.6 is 0 Å². The van der Waals surface area contributed by atoms with E-state index in [-0.39, 0.29) is 5.41 Å². The van der Waals surface area contributed by atoms with Gasteiger partial charge in [0.05, 0.1) is 11.5 Å². The predicted octanol–water partition coefficient (Wildman–Crippen LogP) is 5.95. The Labute approximate surface area is 130 Å². The van der Waals surface area contributed by atoms with Crippen LogP contribution in [0.5, 0.6) is 0 Å². The van der Waals surface area contributed by atoms with Crippen molar-refractivity contribution in [3.63, 3.8) is 0 Å². The quantitative estimate of drug-likeness (QED) is 0.632. The first-order valence-corrected chi connectivity index (χ1v) is 8.52. The molecule has 1 nitrogen and oxygen atoms in total. The van der Waals surface area contributed by atoms with Crippen molar-refractivity contribution in [2.45, 2.75) is 77.6 Å². The van der Waals surface area contributed by atoms with Gasteiger partial charge in [0.15, 0.2) is 0 Å². The lowest BCUT2D eigenvalue weighted by Gasteiger charge is -2.53. The van der Waals surface area contributed by atoms with Gasteiger partial charge in [0.1, 0.15) is 0 Å². The van der Waals surface area contributed by atoms with Gasteiger partial charge in [-0.1, -0.05) is 64.8 Å². The van der Waals surface area contributed by atoms with Crippen LogP contribution < -0.4 is 0 Å². The average molecular weight is 283 g/mol. The fourth-order valence-electron chi connectivity index (χ4n) is 4.30. The Morgan fingerprint density at radius 3 is 1.95 bits per heavy atom. The molecule has 1 fully saturated rings. The predicted molar refractivity (Wildman–Crippen MR) is 89.3 cm³/mol. The van der Waals surface area contributed by atoms with Gasteiger partial charge >= 0.3 is 0 Å². The molecule has 0 aromatic heterocycles. The molecule has 0 N–H and O–H groups in total. The molecule has 1 saturated carbocycles. The smallest absolute Gasteiger partial charge is 0.0833 e. The maximum Gasteiger partial charge on any atom is 0.0833 e. The van der Waals surface area contributed by atoms with Gasteiger partial charge < -0.3 is 0 Å². The zero-order valence-electron chi connectivity index (χ0n) is 14.1. The summed E-state index contributed by atoms with van der Waals surface area (Å²) in [4.78, 5) is 0. The van der Waals surface area contributed by atoms with Crippen LogP contribution in [0.3, 0.4) is 0 Å². The third kappa shape index (κ3) is 3.00. The summed E-state index contributed by atoms with van der Waals surface area (Å²) in [6, 6.07) is 11.5. The molecule has 0 saturated heterocycles. The molecule has 0 amide bonds. The molecular formula is C20H29N. The minimum Gasteiger partial charge on any atom is -0.197 e. The summed E-state index contributed by atoms with van der Waals surface area (Å²) in [7, 11) is 0. The summed E-state index contributed by atoms with van der Waals surface area (Å²) in [6.07, 6.45) is 7.11. The molecule has 1 aliphatic rings. The van der Waals surface area contributed by atoms with Crippen LogP contribution in [0.25, 0.3) is 0 Å². The second-order valence-electron chi connectivity index (χ2n) is 7.32. The maximum atomic E-state index is 9.79. The van der Waals surface area contributed by atoms with Crippen molar-refractivity contribution in [1.29, 1.82) is 5.26 Å². The first kappa shape index (κ1) is 16.1. The summed E-state index contributed by atoms with van der Waals surface area (Å²) in [5.74, 6) is 0.553. The van der Waals surface area contributed by atoms with Crippen LogP contribution in [-0.4, -0.2) is 0 Å². The van der Waals surface area contributed by atoms with Crippen molar-refractivity contribution in [2.24, 2.45) is 5.41 Å². The lowest BCUT2D eigenvalue weighted by atomic mass is 9.48. The van der Waals surface area contributed by atoms with E-state index < -0.39 is 0 Å². The molecule has 0 heterocycles. The normalized spacial score (nSPS) is 19.0.